The zero-order valence-corrected chi connectivity index (χ0v) is 7.36. The monoisotopic (exact) mass is 169 g/mol. The van der Waals surface area contributed by atoms with Crippen LogP contribution in [0.1, 0.15) is 19.3 Å². The Bertz CT molecular complexity index is 206. The maximum atomic E-state index is 11.0. The number of carbonyl (C=O) groups excluding carboxylic acids is 1. The maximum Gasteiger partial charge on any atom is 0.224 e. The van der Waals surface area contributed by atoms with Crippen molar-refractivity contribution in [3.8, 4) is 0 Å². The lowest BCUT2D eigenvalue weighted by Gasteiger charge is -2.43. The van der Waals surface area contributed by atoms with Gasteiger partial charge < -0.3 is 4.90 Å². The summed E-state index contributed by atoms with van der Waals surface area (Å²) in [6, 6.07) is 0.790. The molecule has 2 unspecified atom stereocenters. The largest absolute Gasteiger partial charge is 0.341 e. The minimum atomic E-state index is 0.250. The van der Waals surface area contributed by atoms with Crippen molar-refractivity contribution in [2.75, 3.05) is 13.6 Å². The van der Waals surface area contributed by atoms with E-state index >= 15 is 0 Å². The van der Waals surface area contributed by atoms with Crippen LogP contribution in [0.4, 0.5) is 0 Å². The lowest BCUT2D eigenvalue weighted by molar-refractivity contribution is -0.146. The van der Waals surface area contributed by atoms with Crippen LogP contribution < -0.4 is 5.84 Å². The topological polar surface area (TPSA) is 49.6 Å². The molecule has 4 nitrogen and oxygen atoms in total. The number of likely N-dealkylation sites (N-methyl/N-ethyl adjacent to an activating group) is 1. The molecule has 0 aromatic rings. The summed E-state index contributed by atoms with van der Waals surface area (Å²) in [6.45, 7) is 0.975. The molecule has 68 valence electrons. The van der Waals surface area contributed by atoms with Crippen molar-refractivity contribution in [1.82, 2.24) is 9.91 Å². The predicted octanol–water partition coefficient (Wildman–Crippen LogP) is -0.445. The van der Waals surface area contributed by atoms with Gasteiger partial charge in [-0.2, -0.15) is 0 Å². The summed E-state index contributed by atoms with van der Waals surface area (Å²) in [4.78, 5) is 12.8. The minimum Gasteiger partial charge on any atom is -0.341 e. The lowest BCUT2D eigenvalue weighted by Crippen LogP contribution is -2.60. The molecule has 0 spiro atoms. The molecule has 12 heavy (non-hydrogen) atoms. The Balaban J connectivity index is 1.97. The summed E-state index contributed by atoms with van der Waals surface area (Å²) < 4.78 is 0. The second kappa shape index (κ2) is 2.71. The Morgan fingerprint density at radius 3 is 2.67 bits per heavy atom. The molecule has 0 saturated carbocycles. The second-order valence-electron chi connectivity index (χ2n) is 3.72. The zero-order valence-electron chi connectivity index (χ0n) is 7.36. The Labute approximate surface area is 72.3 Å². The van der Waals surface area contributed by atoms with E-state index in [4.69, 9.17) is 5.84 Å². The summed E-state index contributed by atoms with van der Waals surface area (Å²) >= 11 is 0. The Morgan fingerprint density at radius 2 is 2.25 bits per heavy atom. The number of carbonyl (C=O) groups is 1. The minimum absolute atomic E-state index is 0.250. The Hall–Kier alpha value is -0.610. The van der Waals surface area contributed by atoms with Crippen molar-refractivity contribution < 1.29 is 4.79 Å². The van der Waals surface area contributed by atoms with E-state index in [1.54, 1.807) is 0 Å². The highest BCUT2D eigenvalue weighted by atomic mass is 16.2. The van der Waals surface area contributed by atoms with Gasteiger partial charge in [0.1, 0.15) is 0 Å². The van der Waals surface area contributed by atoms with Crippen LogP contribution in [0.25, 0.3) is 0 Å². The van der Waals surface area contributed by atoms with Crippen molar-refractivity contribution in [2.45, 2.75) is 31.3 Å². The van der Waals surface area contributed by atoms with Gasteiger partial charge in [-0.15, -0.1) is 0 Å². The quantitative estimate of drug-likeness (QED) is 0.427. The first-order valence-electron chi connectivity index (χ1n) is 4.47. The fraction of sp³-hybridized carbons (Fsp3) is 0.875. The average Bonchev–Trinajstić information content (AvgIpc) is 2.46. The van der Waals surface area contributed by atoms with Gasteiger partial charge in [0.25, 0.3) is 0 Å². The molecule has 2 heterocycles. The Kier molecular flexibility index (Phi) is 1.81. The molecular formula is C8H15N3O. The van der Waals surface area contributed by atoms with Crippen LogP contribution >= 0.6 is 0 Å². The van der Waals surface area contributed by atoms with Crippen LogP contribution in [0.2, 0.25) is 0 Å². The summed E-state index contributed by atoms with van der Waals surface area (Å²) in [5, 5.41) is 1.88. The highest BCUT2D eigenvalue weighted by Gasteiger charge is 2.42. The molecule has 2 aliphatic heterocycles. The standard InChI is InChI=1S/C8H15N3O/c1-10-7(5-8(10)12)6-3-2-4-11(6)9/h6-7H,2-5,9H2,1H3. The average molecular weight is 169 g/mol. The van der Waals surface area contributed by atoms with Crippen LogP contribution in [0.15, 0.2) is 0 Å². The molecule has 2 aliphatic rings. The number of amides is 1. The first kappa shape index (κ1) is 8.01. The first-order chi connectivity index (χ1) is 5.70. The van der Waals surface area contributed by atoms with Gasteiger partial charge in [-0.25, -0.2) is 5.01 Å². The predicted molar refractivity (Wildman–Crippen MR) is 45.1 cm³/mol. The van der Waals surface area contributed by atoms with Crippen molar-refractivity contribution in [1.29, 1.82) is 0 Å². The number of hydrogen-bond donors (Lipinski definition) is 1. The highest BCUT2D eigenvalue weighted by Crippen LogP contribution is 2.28. The van der Waals surface area contributed by atoms with Crippen molar-refractivity contribution >= 4 is 5.91 Å². The van der Waals surface area contributed by atoms with E-state index in [0.29, 0.717) is 18.5 Å². The van der Waals surface area contributed by atoms with E-state index in [2.05, 4.69) is 0 Å². The third-order valence-corrected chi connectivity index (χ3v) is 3.06. The van der Waals surface area contributed by atoms with Gasteiger partial charge in [-0.05, 0) is 12.8 Å². The molecule has 0 aliphatic carbocycles. The molecule has 1 amide bonds. The smallest absolute Gasteiger partial charge is 0.224 e. The van der Waals surface area contributed by atoms with Gasteiger partial charge in [-0.3, -0.25) is 10.6 Å². The van der Waals surface area contributed by atoms with Gasteiger partial charge in [-0.1, -0.05) is 0 Å². The highest BCUT2D eigenvalue weighted by molar-refractivity contribution is 5.83. The Morgan fingerprint density at radius 1 is 1.50 bits per heavy atom. The van der Waals surface area contributed by atoms with Crippen LogP contribution in [0.5, 0.6) is 0 Å². The van der Waals surface area contributed by atoms with Crippen LogP contribution in [0.3, 0.4) is 0 Å². The van der Waals surface area contributed by atoms with Crippen molar-refractivity contribution in [3.63, 3.8) is 0 Å². The van der Waals surface area contributed by atoms with Crippen LogP contribution in [-0.2, 0) is 4.79 Å². The van der Waals surface area contributed by atoms with Gasteiger partial charge in [0.05, 0.1) is 6.04 Å². The molecule has 4 heteroatoms. The second-order valence-corrected chi connectivity index (χ2v) is 3.72. The zero-order chi connectivity index (χ0) is 8.72. The van der Waals surface area contributed by atoms with E-state index in [0.717, 1.165) is 13.0 Å². The van der Waals surface area contributed by atoms with Gasteiger partial charge in [0.15, 0.2) is 0 Å². The number of hydrogen-bond acceptors (Lipinski definition) is 3. The van der Waals surface area contributed by atoms with E-state index in [9.17, 15) is 4.79 Å². The molecule has 0 aromatic carbocycles. The number of likely N-dealkylation sites (tertiary alicyclic amines) is 1. The molecule has 2 N–H and O–H groups in total. The number of hydrazine groups is 1. The van der Waals surface area contributed by atoms with Crippen LogP contribution in [0, 0.1) is 0 Å². The number of nitrogens with zero attached hydrogens (tertiary/aromatic N) is 2. The summed E-state index contributed by atoms with van der Waals surface area (Å²) in [6.07, 6.45) is 2.99. The number of β-lactam (4-membered cyclic amide) rings is 1. The third-order valence-electron chi connectivity index (χ3n) is 3.06. The number of rotatable bonds is 1. The SMILES string of the molecule is CN1C(=O)CC1C1CCCN1N. The first-order valence-corrected chi connectivity index (χ1v) is 4.47. The molecule has 2 fully saturated rings. The van der Waals surface area contributed by atoms with Crippen molar-refractivity contribution in [3.05, 3.63) is 0 Å². The van der Waals surface area contributed by atoms with Gasteiger partial charge in [0, 0.05) is 26.1 Å². The van der Waals surface area contributed by atoms with Gasteiger partial charge >= 0.3 is 0 Å². The number of nitrogens with two attached hydrogens (primary N) is 1. The fourth-order valence-corrected chi connectivity index (χ4v) is 2.15. The molecular weight excluding hydrogens is 154 g/mol. The van der Waals surface area contributed by atoms with E-state index in [1.165, 1.54) is 6.42 Å². The lowest BCUT2D eigenvalue weighted by atomic mass is 9.94. The molecule has 2 rings (SSSR count). The van der Waals surface area contributed by atoms with E-state index < -0.39 is 0 Å². The third kappa shape index (κ3) is 1.03. The van der Waals surface area contributed by atoms with E-state index in [1.807, 2.05) is 17.0 Å². The van der Waals surface area contributed by atoms with Crippen LogP contribution in [-0.4, -0.2) is 41.5 Å². The maximum absolute atomic E-state index is 11.0. The molecule has 0 bridgehead atoms. The normalized spacial score (nSPS) is 37.2. The molecule has 0 radical (unpaired) electrons. The summed E-state index contributed by atoms with van der Waals surface area (Å²) in [5.74, 6) is 6.04. The summed E-state index contributed by atoms with van der Waals surface area (Å²) in [5.41, 5.74) is 0. The molecule has 2 atom stereocenters. The van der Waals surface area contributed by atoms with Crippen molar-refractivity contribution in [2.24, 2.45) is 5.84 Å². The van der Waals surface area contributed by atoms with Gasteiger partial charge in [0.2, 0.25) is 5.91 Å². The van der Waals surface area contributed by atoms with E-state index in [-0.39, 0.29) is 5.91 Å². The fourth-order valence-electron chi connectivity index (χ4n) is 2.15. The molecule has 0 aromatic heterocycles. The molecule has 2 saturated heterocycles. The summed E-state index contributed by atoms with van der Waals surface area (Å²) in [7, 11) is 1.86.